The summed E-state index contributed by atoms with van der Waals surface area (Å²) in [5.74, 6) is -0.482. The third-order valence-corrected chi connectivity index (χ3v) is 5.90. The zero-order valence-corrected chi connectivity index (χ0v) is 20.0. The van der Waals surface area contributed by atoms with Crippen LogP contribution < -0.4 is 10.6 Å². The van der Waals surface area contributed by atoms with Gasteiger partial charge in [0.2, 0.25) is 0 Å². The second-order valence-corrected chi connectivity index (χ2v) is 8.80. The van der Waals surface area contributed by atoms with E-state index < -0.39 is 8.25 Å². The maximum Gasteiger partial charge on any atom is 0.316 e. The molecule has 34 heavy (non-hydrogen) atoms. The van der Waals surface area contributed by atoms with Crippen LogP contribution in [0.5, 0.6) is 0 Å². The van der Waals surface area contributed by atoms with E-state index in [-0.39, 0.29) is 18.2 Å². The molecule has 3 N–H and O–H groups in total. The molecule has 0 radical (unpaired) electrons. The number of benzene rings is 2. The van der Waals surface area contributed by atoms with Gasteiger partial charge < -0.3 is 24.5 Å². The molecule has 2 aromatic carbocycles. The van der Waals surface area contributed by atoms with Crippen LogP contribution in [-0.2, 0) is 22.1 Å². The highest BCUT2D eigenvalue weighted by molar-refractivity contribution is 7.32. The highest BCUT2D eigenvalue weighted by atomic mass is 31.1. The molecule has 0 saturated heterocycles. The number of aryl methyl sites for hydroxylation is 1. The molecule has 0 fully saturated rings. The van der Waals surface area contributed by atoms with Gasteiger partial charge in [-0.15, -0.1) is 0 Å². The number of unbranched alkanes of at least 4 members (excludes halogenated alkanes) is 2. The first-order chi connectivity index (χ1) is 16.5. The van der Waals surface area contributed by atoms with Gasteiger partial charge in [0.15, 0.2) is 0 Å². The fourth-order valence-corrected chi connectivity index (χ4v) is 4.00. The van der Waals surface area contributed by atoms with Gasteiger partial charge in [0, 0.05) is 35.5 Å². The minimum absolute atomic E-state index is 0.161. The summed E-state index contributed by atoms with van der Waals surface area (Å²) in [5, 5.41) is 6.46. The summed E-state index contributed by atoms with van der Waals surface area (Å²) < 4.78 is 48.9. The Morgan fingerprint density at radius 3 is 2.59 bits per heavy atom. The Morgan fingerprint density at radius 1 is 0.971 bits per heavy atom. The van der Waals surface area contributed by atoms with Crippen molar-refractivity contribution >= 4 is 13.9 Å². The normalized spacial score (nSPS) is 12.1. The van der Waals surface area contributed by atoms with Gasteiger partial charge in [-0.3, -0.25) is 4.57 Å². The molecular formula is C25H31F2N2O4P. The first kappa shape index (κ1) is 26.1. The average molecular weight is 493 g/mol. The summed E-state index contributed by atoms with van der Waals surface area (Å²) >= 11 is 0. The van der Waals surface area contributed by atoms with Crippen LogP contribution in [0.25, 0.3) is 11.1 Å². The number of hydrogen-bond donors (Lipinski definition) is 3. The van der Waals surface area contributed by atoms with Gasteiger partial charge in [0.1, 0.15) is 11.6 Å². The molecule has 0 aliphatic carbocycles. The lowest BCUT2D eigenvalue weighted by atomic mass is 10.0. The predicted molar refractivity (Wildman–Crippen MR) is 130 cm³/mol. The van der Waals surface area contributed by atoms with E-state index >= 15 is 0 Å². The minimum atomic E-state index is -2.91. The molecule has 0 bridgehead atoms. The standard InChI is InChI=1S/C25H31F2N2O4P/c26-23-9-4-3-8-19(23)7-2-1-5-12-29-25-16-24(27)21(15-22(25)20-10-14-32-18-20)17-28-11-6-13-33-34(30)31/h3-4,8-10,14-16,18,28-29,34H,1-2,5-7,11-13,17H2,(H,30,31). The lowest BCUT2D eigenvalue weighted by molar-refractivity contribution is 0.276. The predicted octanol–water partition coefficient (Wildman–Crippen LogP) is 5.93. The Morgan fingerprint density at radius 2 is 1.82 bits per heavy atom. The molecule has 1 aromatic heterocycles. The molecule has 0 aliphatic rings. The van der Waals surface area contributed by atoms with Crippen molar-refractivity contribution in [3.63, 3.8) is 0 Å². The maximum atomic E-state index is 14.8. The Hall–Kier alpha value is -2.51. The van der Waals surface area contributed by atoms with E-state index in [4.69, 9.17) is 9.31 Å². The van der Waals surface area contributed by atoms with Gasteiger partial charge in [0.25, 0.3) is 0 Å². The number of anilines is 1. The third kappa shape index (κ3) is 8.37. The molecule has 9 heteroatoms. The number of rotatable bonds is 15. The van der Waals surface area contributed by atoms with Crippen molar-refractivity contribution in [1.82, 2.24) is 5.32 Å². The van der Waals surface area contributed by atoms with Crippen molar-refractivity contribution < 1.29 is 27.2 Å². The topological polar surface area (TPSA) is 83.7 Å². The van der Waals surface area contributed by atoms with Crippen molar-refractivity contribution in [2.45, 2.75) is 38.6 Å². The molecule has 3 aromatic rings. The molecule has 1 atom stereocenters. The van der Waals surface area contributed by atoms with Crippen LogP contribution in [0.4, 0.5) is 14.5 Å². The molecule has 3 rings (SSSR count). The van der Waals surface area contributed by atoms with Gasteiger partial charge in [-0.2, -0.15) is 0 Å². The Kier molecular flexibility index (Phi) is 10.8. The van der Waals surface area contributed by atoms with E-state index in [1.165, 1.54) is 12.1 Å². The van der Waals surface area contributed by atoms with Gasteiger partial charge >= 0.3 is 8.25 Å². The summed E-state index contributed by atoms with van der Waals surface area (Å²) in [6.07, 6.45) is 7.15. The van der Waals surface area contributed by atoms with Crippen molar-refractivity contribution in [2.24, 2.45) is 0 Å². The largest absolute Gasteiger partial charge is 0.472 e. The Labute approximate surface area is 199 Å². The molecule has 1 heterocycles. The zero-order chi connectivity index (χ0) is 24.2. The Balaban J connectivity index is 1.51. The van der Waals surface area contributed by atoms with Gasteiger partial charge in [-0.1, -0.05) is 24.6 Å². The van der Waals surface area contributed by atoms with Gasteiger partial charge in [-0.05, 0) is 62.1 Å². The summed E-state index contributed by atoms with van der Waals surface area (Å²) in [6.45, 7) is 1.70. The van der Waals surface area contributed by atoms with Crippen LogP contribution in [-0.4, -0.2) is 24.6 Å². The summed E-state index contributed by atoms with van der Waals surface area (Å²) in [7, 11) is -2.91. The first-order valence-electron chi connectivity index (χ1n) is 11.4. The fraction of sp³-hybridized carbons (Fsp3) is 0.360. The lowest BCUT2D eigenvalue weighted by Crippen LogP contribution is -2.17. The van der Waals surface area contributed by atoms with E-state index in [1.54, 1.807) is 24.7 Å². The van der Waals surface area contributed by atoms with Crippen molar-refractivity contribution in [3.05, 3.63) is 77.8 Å². The van der Waals surface area contributed by atoms with Crippen molar-refractivity contribution in [1.29, 1.82) is 0 Å². The van der Waals surface area contributed by atoms with Crippen LogP contribution in [0.3, 0.4) is 0 Å². The minimum Gasteiger partial charge on any atom is -0.472 e. The van der Waals surface area contributed by atoms with E-state index in [9.17, 15) is 13.3 Å². The summed E-state index contributed by atoms with van der Waals surface area (Å²) in [5.41, 5.74) is 3.65. The number of furan rings is 1. The maximum absolute atomic E-state index is 14.8. The molecule has 0 saturated carbocycles. The zero-order valence-electron chi connectivity index (χ0n) is 19.0. The second kappa shape index (κ2) is 14.0. The van der Waals surface area contributed by atoms with E-state index in [1.807, 2.05) is 18.2 Å². The SMILES string of the molecule is O=[PH](O)OCCCNCc1cc(-c2ccoc2)c(NCCCCCc2ccccc2F)cc1F. The number of hydrogen-bond acceptors (Lipinski definition) is 5. The lowest BCUT2D eigenvalue weighted by Gasteiger charge is -2.15. The van der Waals surface area contributed by atoms with Gasteiger partial charge in [-0.25, -0.2) is 8.78 Å². The van der Waals surface area contributed by atoms with Crippen molar-refractivity contribution in [3.8, 4) is 11.1 Å². The molecule has 0 aliphatic heterocycles. The Bertz CT molecular complexity index is 1050. The number of nitrogens with one attached hydrogen (secondary N) is 2. The summed E-state index contributed by atoms with van der Waals surface area (Å²) in [4.78, 5) is 8.66. The summed E-state index contributed by atoms with van der Waals surface area (Å²) in [6, 6.07) is 12.0. The highest BCUT2D eigenvalue weighted by Crippen LogP contribution is 2.31. The van der Waals surface area contributed by atoms with Crippen LogP contribution in [0, 0.1) is 11.6 Å². The van der Waals surface area contributed by atoms with E-state index in [2.05, 4.69) is 15.2 Å². The van der Waals surface area contributed by atoms with Crippen LogP contribution in [0.2, 0.25) is 0 Å². The van der Waals surface area contributed by atoms with E-state index in [0.29, 0.717) is 43.7 Å². The number of halogens is 2. The smallest absolute Gasteiger partial charge is 0.316 e. The quantitative estimate of drug-likeness (QED) is 0.180. The molecule has 1 unspecified atom stereocenters. The van der Waals surface area contributed by atoms with Gasteiger partial charge in [0.05, 0.1) is 19.1 Å². The average Bonchev–Trinajstić information content (AvgIpc) is 3.35. The molecular weight excluding hydrogens is 461 g/mol. The van der Waals surface area contributed by atoms with Crippen molar-refractivity contribution in [2.75, 3.05) is 25.0 Å². The van der Waals surface area contributed by atoms with Crippen LogP contribution in [0.1, 0.15) is 36.8 Å². The van der Waals surface area contributed by atoms with E-state index in [0.717, 1.165) is 36.0 Å². The highest BCUT2D eigenvalue weighted by Gasteiger charge is 2.12. The van der Waals surface area contributed by atoms with Crippen LogP contribution >= 0.6 is 8.25 Å². The molecule has 0 amide bonds. The monoisotopic (exact) mass is 492 g/mol. The molecule has 184 valence electrons. The molecule has 0 spiro atoms. The third-order valence-electron chi connectivity index (χ3n) is 5.45. The van der Waals surface area contributed by atoms with Crippen LogP contribution in [0.15, 0.2) is 59.4 Å². The first-order valence-corrected chi connectivity index (χ1v) is 12.7. The second-order valence-electron chi connectivity index (χ2n) is 7.97. The molecule has 6 nitrogen and oxygen atoms in total. The fourth-order valence-electron chi connectivity index (χ4n) is 3.68.